The largest absolute Gasteiger partial charge is 0.358 e. The fraction of sp³-hybridized carbons (Fsp3) is 0.189. The number of nitrogens with one attached hydrogen (secondary N) is 1. The van der Waals surface area contributed by atoms with Crippen molar-refractivity contribution in [2.45, 2.75) is 31.2 Å². The third-order valence-electron chi connectivity index (χ3n) is 9.48. The van der Waals surface area contributed by atoms with E-state index in [1.165, 1.54) is 50.6 Å². The second-order valence-corrected chi connectivity index (χ2v) is 11.9. The van der Waals surface area contributed by atoms with Crippen molar-refractivity contribution in [2.24, 2.45) is 11.8 Å². The summed E-state index contributed by atoms with van der Waals surface area (Å²) in [7, 11) is 0. The molecule has 0 saturated heterocycles. The Morgan fingerprint density at radius 2 is 1.67 bits per heavy atom. The molecule has 3 aliphatic carbocycles. The maximum atomic E-state index is 3.76. The van der Waals surface area contributed by atoms with Crippen LogP contribution in [0.5, 0.6) is 0 Å². The number of anilines is 3. The predicted octanol–water partition coefficient (Wildman–Crippen LogP) is 8.83. The molecule has 2 aliphatic heterocycles. The van der Waals surface area contributed by atoms with Gasteiger partial charge in [-0.25, -0.2) is 0 Å². The summed E-state index contributed by atoms with van der Waals surface area (Å²) < 4.78 is 0. The zero-order chi connectivity index (χ0) is 26.1. The van der Waals surface area contributed by atoms with Gasteiger partial charge in [-0.2, -0.15) is 0 Å². The third-order valence-corrected chi connectivity index (χ3v) is 9.48. The molecule has 0 radical (unpaired) electrons. The van der Waals surface area contributed by atoms with Gasteiger partial charge in [0.25, 0.3) is 0 Å². The molecule has 2 heteroatoms. The lowest BCUT2D eigenvalue weighted by Crippen LogP contribution is -2.50. The van der Waals surface area contributed by atoms with Crippen LogP contribution in [0.1, 0.15) is 36.5 Å². The van der Waals surface area contributed by atoms with Crippen LogP contribution in [0, 0.1) is 11.8 Å². The molecule has 0 fully saturated rings. The monoisotopic (exact) mass is 504 g/mol. The Hall–Kier alpha value is -4.30. The van der Waals surface area contributed by atoms with Gasteiger partial charge in [0.2, 0.25) is 0 Å². The number of para-hydroxylation sites is 2. The van der Waals surface area contributed by atoms with Gasteiger partial charge in [0.15, 0.2) is 0 Å². The Labute approximate surface area is 231 Å². The number of allylic oxidation sites excluding steroid dienone is 10. The molecule has 1 N–H and O–H groups in total. The summed E-state index contributed by atoms with van der Waals surface area (Å²) in [4.78, 5) is 2.53. The SMILES string of the molecule is CC1(C)c2ccccc2N(c2ccccc2)C2C=CC(c3ccc4c(c3)NC3=CC=C5C=CC=CC5C34)=CC21. The van der Waals surface area contributed by atoms with E-state index in [0.717, 1.165) is 0 Å². The first-order valence-corrected chi connectivity index (χ1v) is 14.1. The Bertz CT molecular complexity index is 1680. The Kier molecular flexibility index (Phi) is 4.85. The molecule has 0 saturated carbocycles. The third kappa shape index (κ3) is 3.34. The van der Waals surface area contributed by atoms with E-state index in [1.807, 2.05) is 0 Å². The second kappa shape index (κ2) is 8.35. The molecule has 5 aliphatic rings. The summed E-state index contributed by atoms with van der Waals surface area (Å²) >= 11 is 0. The Morgan fingerprint density at radius 3 is 2.56 bits per heavy atom. The standard InChI is InChI=1S/C37H32N2/c1-37(2)30-14-8-9-15-34(30)39(27-11-4-3-5-12-27)35-21-18-25(22-31(35)37)26-16-19-29-33(23-26)38-32-20-17-24-10-6-7-13-28(24)36(29)32/h3-23,28,31,35-36,38H,1-2H3. The quantitative estimate of drug-likeness (QED) is 0.375. The molecule has 190 valence electrons. The lowest BCUT2D eigenvalue weighted by atomic mass is 9.64. The lowest BCUT2D eigenvalue weighted by Gasteiger charge is -2.51. The molecule has 4 atom stereocenters. The molecule has 3 aromatic rings. The van der Waals surface area contributed by atoms with Crippen molar-refractivity contribution in [1.82, 2.24) is 0 Å². The molecule has 8 rings (SSSR count). The highest BCUT2D eigenvalue weighted by molar-refractivity contribution is 5.83. The van der Waals surface area contributed by atoms with Crippen molar-refractivity contribution in [3.8, 4) is 0 Å². The Balaban J connectivity index is 1.19. The first-order valence-electron chi connectivity index (χ1n) is 14.1. The van der Waals surface area contributed by atoms with E-state index in [9.17, 15) is 0 Å². The number of hydrogen-bond donors (Lipinski definition) is 1. The van der Waals surface area contributed by atoms with Crippen LogP contribution in [0.15, 0.2) is 139 Å². The summed E-state index contributed by atoms with van der Waals surface area (Å²) in [5.41, 5.74) is 11.9. The van der Waals surface area contributed by atoms with E-state index in [2.05, 4.69) is 152 Å². The fourth-order valence-electron chi connectivity index (χ4n) is 7.49. The van der Waals surface area contributed by atoms with E-state index < -0.39 is 0 Å². The van der Waals surface area contributed by atoms with Crippen molar-refractivity contribution < 1.29 is 0 Å². The smallest absolute Gasteiger partial charge is 0.0597 e. The van der Waals surface area contributed by atoms with Gasteiger partial charge in [0, 0.05) is 45.9 Å². The van der Waals surface area contributed by atoms with Gasteiger partial charge in [0.05, 0.1) is 6.04 Å². The second-order valence-electron chi connectivity index (χ2n) is 11.9. The summed E-state index contributed by atoms with van der Waals surface area (Å²) in [5.74, 6) is 1.13. The minimum Gasteiger partial charge on any atom is -0.358 e. The maximum absolute atomic E-state index is 3.76. The van der Waals surface area contributed by atoms with Crippen LogP contribution < -0.4 is 10.2 Å². The van der Waals surface area contributed by atoms with Crippen molar-refractivity contribution in [2.75, 3.05) is 10.2 Å². The molecule has 3 aromatic carbocycles. The van der Waals surface area contributed by atoms with Crippen LogP contribution in [0.4, 0.5) is 17.1 Å². The molecule has 0 bridgehead atoms. The zero-order valence-corrected chi connectivity index (χ0v) is 22.4. The highest BCUT2D eigenvalue weighted by Gasteiger charge is 2.45. The van der Waals surface area contributed by atoms with Crippen LogP contribution in [-0.4, -0.2) is 6.04 Å². The van der Waals surface area contributed by atoms with Gasteiger partial charge < -0.3 is 10.2 Å². The first-order chi connectivity index (χ1) is 19.1. The van der Waals surface area contributed by atoms with Crippen molar-refractivity contribution >= 4 is 22.6 Å². The molecule has 2 heterocycles. The summed E-state index contributed by atoms with van der Waals surface area (Å²) in [6.45, 7) is 4.83. The number of nitrogens with zero attached hydrogens (tertiary/aromatic N) is 1. The molecule has 0 aromatic heterocycles. The fourth-order valence-corrected chi connectivity index (χ4v) is 7.49. The molecule has 39 heavy (non-hydrogen) atoms. The summed E-state index contributed by atoms with van der Waals surface area (Å²) in [6.07, 6.45) is 20.8. The average Bonchev–Trinajstić information content (AvgIpc) is 3.36. The van der Waals surface area contributed by atoms with E-state index in [0.29, 0.717) is 17.8 Å². The molecule has 0 spiro atoms. The van der Waals surface area contributed by atoms with Crippen LogP contribution in [0.3, 0.4) is 0 Å². The van der Waals surface area contributed by atoms with Crippen LogP contribution in [0.2, 0.25) is 0 Å². The predicted molar refractivity (Wildman–Crippen MR) is 163 cm³/mol. The minimum atomic E-state index is 0.000186. The minimum absolute atomic E-state index is 0.000186. The van der Waals surface area contributed by atoms with Crippen molar-refractivity contribution in [3.05, 3.63) is 155 Å². The molecular formula is C37H32N2. The average molecular weight is 505 g/mol. The normalized spacial score (nSPS) is 26.7. The van der Waals surface area contributed by atoms with Crippen molar-refractivity contribution in [3.63, 3.8) is 0 Å². The van der Waals surface area contributed by atoms with E-state index in [1.54, 1.807) is 0 Å². The number of fused-ring (bicyclic) bond motifs is 7. The zero-order valence-electron chi connectivity index (χ0n) is 22.4. The van der Waals surface area contributed by atoms with E-state index in [-0.39, 0.29) is 11.5 Å². The summed E-state index contributed by atoms with van der Waals surface area (Å²) in [5, 5.41) is 3.76. The van der Waals surface area contributed by atoms with Gasteiger partial charge in [-0.05, 0) is 58.2 Å². The first kappa shape index (κ1) is 22.7. The van der Waals surface area contributed by atoms with Gasteiger partial charge >= 0.3 is 0 Å². The Morgan fingerprint density at radius 1 is 0.821 bits per heavy atom. The van der Waals surface area contributed by atoms with Crippen LogP contribution in [0.25, 0.3) is 5.57 Å². The van der Waals surface area contributed by atoms with Gasteiger partial charge in [-0.1, -0.05) is 111 Å². The van der Waals surface area contributed by atoms with E-state index >= 15 is 0 Å². The topological polar surface area (TPSA) is 15.3 Å². The number of rotatable bonds is 2. The van der Waals surface area contributed by atoms with Crippen LogP contribution in [-0.2, 0) is 5.41 Å². The number of benzene rings is 3. The van der Waals surface area contributed by atoms with Gasteiger partial charge in [-0.15, -0.1) is 0 Å². The van der Waals surface area contributed by atoms with Gasteiger partial charge in [0.1, 0.15) is 0 Å². The van der Waals surface area contributed by atoms with E-state index in [4.69, 9.17) is 0 Å². The molecular weight excluding hydrogens is 472 g/mol. The summed E-state index contributed by atoms with van der Waals surface area (Å²) in [6, 6.07) is 27.1. The number of hydrogen-bond acceptors (Lipinski definition) is 2. The van der Waals surface area contributed by atoms with Gasteiger partial charge in [-0.3, -0.25) is 0 Å². The van der Waals surface area contributed by atoms with Crippen molar-refractivity contribution in [1.29, 1.82) is 0 Å². The molecule has 4 unspecified atom stereocenters. The highest BCUT2D eigenvalue weighted by Crippen LogP contribution is 2.53. The van der Waals surface area contributed by atoms with Crippen LogP contribution >= 0.6 is 0 Å². The maximum Gasteiger partial charge on any atom is 0.0597 e. The lowest BCUT2D eigenvalue weighted by molar-refractivity contribution is 0.333. The molecule has 2 nitrogen and oxygen atoms in total. The highest BCUT2D eigenvalue weighted by atomic mass is 15.2. The molecule has 0 amide bonds.